The predicted molar refractivity (Wildman–Crippen MR) is 34.1 cm³/mol. The number of hydrogen-bond donors (Lipinski definition) is 0. The molecular weight excluding hydrogens is 143 g/mol. The van der Waals surface area contributed by atoms with E-state index in [0.717, 1.165) is 0 Å². The highest BCUT2D eigenvalue weighted by Crippen LogP contribution is 2.56. The normalized spacial score (nSPS) is 49.3. The lowest BCUT2D eigenvalue weighted by molar-refractivity contribution is 0.136. The molecule has 1 nitrogen and oxygen atoms in total. The van der Waals surface area contributed by atoms with Crippen LogP contribution in [0.2, 0.25) is 0 Å². The first-order chi connectivity index (χ1) is 4.08. The molecule has 3 heteroatoms. The maximum absolute atomic E-state index is 12.9. The molecule has 0 aromatic heterocycles. The van der Waals surface area contributed by atoms with Crippen LogP contribution < -0.4 is 0 Å². The molecule has 54 valence electrons. The fourth-order valence-corrected chi connectivity index (χ4v) is 1.16. The second-order valence-corrected chi connectivity index (χ2v) is 2.88. The van der Waals surface area contributed by atoms with Crippen molar-refractivity contribution in [3.63, 3.8) is 0 Å². The number of ether oxygens (including phenoxy) is 1. The molecule has 0 amide bonds. The van der Waals surface area contributed by atoms with E-state index in [0.29, 0.717) is 12.8 Å². The molecule has 1 fully saturated rings. The standard InChI is InChI=1S/C6H10ClFO/c1-3-5(7)6(8,4-2)9-5/h3-4H2,1-2H3/t5-,6-/m0/s1. The summed E-state index contributed by atoms with van der Waals surface area (Å²) in [5.74, 6) is -1.54. The number of rotatable bonds is 2. The molecule has 9 heavy (non-hydrogen) atoms. The summed E-state index contributed by atoms with van der Waals surface area (Å²) in [7, 11) is 0. The highest BCUT2D eigenvalue weighted by molar-refractivity contribution is 6.25. The van der Waals surface area contributed by atoms with Gasteiger partial charge in [-0.3, -0.25) is 0 Å². The number of halogens is 2. The molecule has 0 saturated carbocycles. The van der Waals surface area contributed by atoms with E-state index in [9.17, 15) is 4.39 Å². The Morgan fingerprint density at radius 2 is 2.00 bits per heavy atom. The Kier molecular flexibility index (Phi) is 1.48. The van der Waals surface area contributed by atoms with Gasteiger partial charge in [-0.25, -0.2) is 4.39 Å². The highest BCUT2D eigenvalue weighted by atomic mass is 35.5. The van der Waals surface area contributed by atoms with Gasteiger partial charge in [-0.15, -0.1) is 0 Å². The summed E-state index contributed by atoms with van der Waals surface area (Å²) in [6, 6.07) is 0. The molecule has 0 aliphatic carbocycles. The van der Waals surface area contributed by atoms with Gasteiger partial charge in [-0.05, 0) is 6.42 Å². The topological polar surface area (TPSA) is 12.5 Å². The molecule has 1 aliphatic heterocycles. The van der Waals surface area contributed by atoms with Crippen molar-refractivity contribution in [1.82, 2.24) is 0 Å². The summed E-state index contributed by atoms with van der Waals surface area (Å²) in [5, 5.41) is -0.998. The van der Waals surface area contributed by atoms with E-state index in [4.69, 9.17) is 11.6 Å². The lowest BCUT2D eigenvalue weighted by atomic mass is 10.2. The maximum Gasteiger partial charge on any atom is 0.254 e. The quantitative estimate of drug-likeness (QED) is 0.438. The van der Waals surface area contributed by atoms with E-state index in [2.05, 4.69) is 4.74 Å². The van der Waals surface area contributed by atoms with Crippen molar-refractivity contribution in [1.29, 1.82) is 0 Å². The van der Waals surface area contributed by atoms with Crippen LogP contribution in [0.3, 0.4) is 0 Å². The summed E-state index contributed by atoms with van der Waals surface area (Å²) in [4.78, 5) is 0. The van der Waals surface area contributed by atoms with Crippen molar-refractivity contribution in [2.24, 2.45) is 0 Å². The van der Waals surface area contributed by atoms with Gasteiger partial charge >= 0.3 is 0 Å². The Morgan fingerprint density at radius 1 is 1.44 bits per heavy atom. The molecule has 0 aromatic carbocycles. The van der Waals surface area contributed by atoms with Crippen LogP contribution in [0.1, 0.15) is 26.7 Å². The third kappa shape index (κ3) is 0.849. The third-order valence-electron chi connectivity index (χ3n) is 1.75. The molecular formula is C6H10ClFO. The molecule has 1 saturated heterocycles. The van der Waals surface area contributed by atoms with Crippen molar-refractivity contribution in [2.75, 3.05) is 0 Å². The van der Waals surface area contributed by atoms with Crippen LogP contribution in [0, 0.1) is 0 Å². The Labute approximate surface area is 59.1 Å². The minimum absolute atomic E-state index is 0.338. The van der Waals surface area contributed by atoms with Crippen LogP contribution in [0.25, 0.3) is 0 Å². The van der Waals surface area contributed by atoms with Crippen molar-refractivity contribution < 1.29 is 9.13 Å². The zero-order valence-corrected chi connectivity index (χ0v) is 6.33. The van der Waals surface area contributed by atoms with E-state index in [1.54, 1.807) is 6.92 Å². The van der Waals surface area contributed by atoms with Crippen molar-refractivity contribution in [3.8, 4) is 0 Å². The minimum atomic E-state index is -1.54. The number of alkyl halides is 2. The van der Waals surface area contributed by atoms with Crippen LogP contribution in [-0.4, -0.2) is 10.9 Å². The zero-order valence-electron chi connectivity index (χ0n) is 5.58. The monoisotopic (exact) mass is 152 g/mol. The maximum atomic E-state index is 12.9. The second kappa shape index (κ2) is 1.83. The van der Waals surface area contributed by atoms with Gasteiger partial charge in [0.2, 0.25) is 5.06 Å². The van der Waals surface area contributed by atoms with Crippen molar-refractivity contribution in [3.05, 3.63) is 0 Å². The third-order valence-corrected chi connectivity index (χ3v) is 2.38. The van der Waals surface area contributed by atoms with Crippen molar-refractivity contribution >= 4 is 11.6 Å². The van der Waals surface area contributed by atoms with Crippen LogP contribution in [0.15, 0.2) is 0 Å². The Morgan fingerprint density at radius 3 is 2.11 bits per heavy atom. The van der Waals surface area contributed by atoms with Crippen LogP contribution >= 0.6 is 11.6 Å². The van der Waals surface area contributed by atoms with Crippen molar-refractivity contribution in [2.45, 2.75) is 37.6 Å². The fourth-order valence-electron chi connectivity index (χ4n) is 0.903. The van der Waals surface area contributed by atoms with Crippen LogP contribution in [0.5, 0.6) is 0 Å². The van der Waals surface area contributed by atoms with E-state index in [1.807, 2.05) is 6.92 Å². The summed E-state index contributed by atoms with van der Waals surface area (Å²) in [5.41, 5.74) is 0. The summed E-state index contributed by atoms with van der Waals surface area (Å²) < 4.78 is 17.6. The number of epoxide rings is 1. The van der Waals surface area contributed by atoms with Gasteiger partial charge < -0.3 is 4.74 Å². The molecule has 0 radical (unpaired) electrons. The van der Waals surface area contributed by atoms with E-state index in [-0.39, 0.29) is 0 Å². The van der Waals surface area contributed by atoms with E-state index < -0.39 is 10.9 Å². The van der Waals surface area contributed by atoms with Crippen LogP contribution in [-0.2, 0) is 4.74 Å². The first-order valence-electron chi connectivity index (χ1n) is 3.16. The van der Waals surface area contributed by atoms with Gasteiger partial charge in [-0.2, -0.15) is 0 Å². The molecule has 0 bridgehead atoms. The first kappa shape index (κ1) is 7.29. The Balaban J connectivity index is 2.54. The summed E-state index contributed by atoms with van der Waals surface area (Å²) in [6.07, 6.45) is 0.864. The molecule has 1 heterocycles. The molecule has 0 spiro atoms. The molecule has 2 atom stereocenters. The Hall–Kier alpha value is 0.180. The molecule has 1 aliphatic rings. The smallest absolute Gasteiger partial charge is 0.254 e. The first-order valence-corrected chi connectivity index (χ1v) is 3.54. The lowest BCUT2D eigenvalue weighted by Crippen LogP contribution is -2.12. The predicted octanol–water partition coefficient (Wildman–Crippen LogP) is 2.44. The second-order valence-electron chi connectivity index (χ2n) is 2.27. The summed E-state index contributed by atoms with van der Waals surface area (Å²) >= 11 is 5.64. The van der Waals surface area contributed by atoms with Gasteiger partial charge in [-0.1, -0.05) is 25.4 Å². The summed E-state index contributed by atoms with van der Waals surface area (Å²) in [6.45, 7) is 3.53. The van der Waals surface area contributed by atoms with Gasteiger partial charge in [0.1, 0.15) is 0 Å². The van der Waals surface area contributed by atoms with Gasteiger partial charge in [0, 0.05) is 6.42 Å². The largest absolute Gasteiger partial charge is 0.314 e. The van der Waals surface area contributed by atoms with Gasteiger partial charge in [0.15, 0.2) is 0 Å². The fraction of sp³-hybridized carbons (Fsp3) is 1.00. The molecule has 1 rings (SSSR count). The molecule has 0 aromatic rings. The zero-order chi connectivity index (χ0) is 7.12. The van der Waals surface area contributed by atoms with Crippen LogP contribution in [0.4, 0.5) is 4.39 Å². The SMILES string of the molecule is CC[C@]1(F)O[C@@]1(Cl)CC. The lowest BCUT2D eigenvalue weighted by Gasteiger charge is -1.99. The minimum Gasteiger partial charge on any atom is -0.314 e. The highest BCUT2D eigenvalue weighted by Gasteiger charge is 2.68. The molecule has 0 unspecified atom stereocenters. The van der Waals surface area contributed by atoms with E-state index in [1.165, 1.54) is 0 Å². The number of hydrogen-bond acceptors (Lipinski definition) is 1. The van der Waals surface area contributed by atoms with Gasteiger partial charge in [0.05, 0.1) is 0 Å². The average Bonchev–Trinajstić information content (AvgIpc) is 2.39. The average molecular weight is 153 g/mol. The van der Waals surface area contributed by atoms with E-state index >= 15 is 0 Å². The molecule has 0 N–H and O–H groups in total. The Bertz CT molecular complexity index is 116. The van der Waals surface area contributed by atoms with Gasteiger partial charge in [0.25, 0.3) is 5.85 Å².